The molecule has 0 radical (unpaired) electrons. The zero-order valence-corrected chi connectivity index (χ0v) is 25.8. The van der Waals surface area contributed by atoms with Gasteiger partial charge in [-0.2, -0.15) is 0 Å². The second-order valence-corrected chi connectivity index (χ2v) is 14.6. The van der Waals surface area contributed by atoms with Gasteiger partial charge in [0.1, 0.15) is 18.7 Å². The average molecular weight is 632 g/mol. The fourth-order valence-electron chi connectivity index (χ4n) is 7.20. The number of carbonyl (C=O) groups is 1. The van der Waals surface area contributed by atoms with Crippen LogP contribution in [0.5, 0.6) is 11.5 Å². The van der Waals surface area contributed by atoms with E-state index >= 15 is 4.39 Å². The minimum Gasteiger partial charge on any atom is -0.486 e. The molecule has 3 heterocycles. The second kappa shape index (κ2) is 10.8. The molecule has 2 fully saturated rings. The molecule has 2 atom stereocenters. The molecule has 9 nitrogen and oxygen atoms in total. The second-order valence-electron chi connectivity index (χ2n) is 12.6. The molecular formula is C34H34FN3O6S. The molecule has 8 rings (SSSR count). The van der Waals surface area contributed by atoms with Gasteiger partial charge in [-0.1, -0.05) is 18.2 Å². The Kier molecular flexibility index (Phi) is 6.87. The zero-order chi connectivity index (χ0) is 30.9. The van der Waals surface area contributed by atoms with Crippen molar-refractivity contribution >= 4 is 27.0 Å². The van der Waals surface area contributed by atoms with E-state index in [0.717, 1.165) is 53.0 Å². The van der Waals surface area contributed by atoms with Crippen molar-refractivity contribution in [2.24, 2.45) is 5.92 Å². The summed E-state index contributed by atoms with van der Waals surface area (Å²) in [5, 5.41) is -0.423. The molecule has 2 aliphatic heterocycles. The number of carbonyl (C=O) groups excluding carboxylic acids is 1. The lowest BCUT2D eigenvalue weighted by atomic mass is 9.96. The lowest BCUT2D eigenvalue weighted by molar-refractivity contribution is -0.120. The molecule has 11 heteroatoms. The summed E-state index contributed by atoms with van der Waals surface area (Å²) in [6.07, 6.45) is 3.57. The maximum Gasteiger partial charge on any atom is 0.237 e. The van der Waals surface area contributed by atoms with E-state index in [1.54, 1.807) is 0 Å². The van der Waals surface area contributed by atoms with Crippen molar-refractivity contribution in [3.05, 3.63) is 65.0 Å². The van der Waals surface area contributed by atoms with E-state index in [4.69, 9.17) is 18.9 Å². The van der Waals surface area contributed by atoms with E-state index in [1.807, 2.05) is 49.4 Å². The molecule has 4 aliphatic rings. The van der Waals surface area contributed by atoms with Gasteiger partial charge in [-0.05, 0) is 104 Å². The summed E-state index contributed by atoms with van der Waals surface area (Å²) in [6, 6.07) is 13.8. The Morgan fingerprint density at radius 1 is 1.04 bits per heavy atom. The summed E-state index contributed by atoms with van der Waals surface area (Å²) in [4.78, 5) is 19.6. The smallest absolute Gasteiger partial charge is 0.237 e. The molecule has 234 valence electrons. The van der Waals surface area contributed by atoms with Crippen molar-refractivity contribution in [2.75, 3.05) is 26.3 Å². The molecule has 4 aromatic rings. The number of aromatic nitrogens is 1. The van der Waals surface area contributed by atoms with Crippen molar-refractivity contribution < 1.29 is 31.5 Å². The third kappa shape index (κ3) is 5.15. The maximum atomic E-state index is 16.0. The highest BCUT2D eigenvalue weighted by atomic mass is 32.2. The molecule has 0 spiro atoms. The van der Waals surface area contributed by atoms with Gasteiger partial charge in [0.05, 0.1) is 5.25 Å². The number of fused-ring (bicyclic) bond motifs is 3. The first-order valence-electron chi connectivity index (χ1n) is 15.7. The fraction of sp³-hybridized carbons (Fsp3) is 0.412. The zero-order valence-electron chi connectivity index (χ0n) is 25.0. The Balaban J connectivity index is 1.03. The number of hydrogen-bond acceptors (Lipinski definition) is 8. The van der Waals surface area contributed by atoms with Crippen molar-refractivity contribution in [3.8, 4) is 34.1 Å². The number of ether oxygens (including phenoxy) is 2. The summed E-state index contributed by atoms with van der Waals surface area (Å²) in [5.74, 6) is 1.08. The van der Waals surface area contributed by atoms with E-state index in [0.29, 0.717) is 61.7 Å². The minimum atomic E-state index is -3.54. The molecule has 0 bridgehead atoms. The fourth-order valence-corrected chi connectivity index (χ4v) is 8.52. The predicted molar refractivity (Wildman–Crippen MR) is 166 cm³/mol. The van der Waals surface area contributed by atoms with E-state index in [2.05, 4.69) is 9.62 Å². The number of nitrogens with one attached hydrogen (secondary N) is 1. The lowest BCUT2D eigenvalue weighted by Gasteiger charge is -2.25. The first-order valence-corrected chi connectivity index (χ1v) is 17.2. The lowest BCUT2D eigenvalue weighted by Crippen LogP contribution is -2.34. The van der Waals surface area contributed by atoms with Crippen LogP contribution in [0.25, 0.3) is 33.7 Å². The van der Waals surface area contributed by atoms with Crippen molar-refractivity contribution in [1.29, 1.82) is 0 Å². The highest BCUT2D eigenvalue weighted by Gasteiger charge is 2.39. The Labute approximate surface area is 260 Å². The van der Waals surface area contributed by atoms with Gasteiger partial charge < -0.3 is 13.9 Å². The van der Waals surface area contributed by atoms with Crippen LogP contribution in [-0.2, 0) is 21.2 Å². The van der Waals surface area contributed by atoms with E-state index in [1.165, 1.54) is 0 Å². The van der Waals surface area contributed by atoms with Gasteiger partial charge in [-0.25, -0.2) is 17.8 Å². The summed E-state index contributed by atoms with van der Waals surface area (Å²) < 4.78 is 60.1. The van der Waals surface area contributed by atoms with Crippen LogP contribution in [0, 0.1) is 18.7 Å². The third-order valence-electron chi connectivity index (χ3n) is 9.65. The molecule has 1 N–H and O–H groups in total. The summed E-state index contributed by atoms with van der Waals surface area (Å²) in [7, 11) is -3.54. The minimum absolute atomic E-state index is 0.0163. The number of benzene rings is 3. The number of halogens is 1. The first kappa shape index (κ1) is 28.5. The topological polar surface area (TPSA) is 111 Å². The molecule has 1 amide bonds. The number of oxazole rings is 1. The van der Waals surface area contributed by atoms with Gasteiger partial charge in [0.25, 0.3) is 0 Å². The standard InChI is InChI=1S/C34H34FN3O6S/c1-19-23(21-5-10-29-30(16-21)43-14-13-42-29)3-2-4-24(19)34-36-27-17-26-25(32(35)33(27)44-34)8-9-28(26)38-12-11-20(18-38)15-31(39)37-45(40,41)22-6-7-22/h2-5,10,16-17,20,22,28H,6-9,11-15,18H2,1H3,(H,37,39)/t20-,28+/m0/s1. The number of sulfonamides is 1. The number of likely N-dealkylation sites (tertiary alicyclic amines) is 1. The van der Waals surface area contributed by atoms with Crippen molar-refractivity contribution in [2.45, 2.75) is 56.7 Å². The molecule has 1 saturated heterocycles. The van der Waals surface area contributed by atoms with Gasteiger partial charge in [0.15, 0.2) is 22.9 Å². The number of rotatable bonds is 7. The van der Waals surface area contributed by atoms with Crippen LogP contribution < -0.4 is 14.2 Å². The summed E-state index contributed by atoms with van der Waals surface area (Å²) >= 11 is 0. The molecule has 2 aliphatic carbocycles. The molecule has 3 aromatic carbocycles. The Hall–Kier alpha value is -3.96. The predicted octanol–water partition coefficient (Wildman–Crippen LogP) is 5.69. The highest BCUT2D eigenvalue weighted by Crippen LogP contribution is 2.44. The van der Waals surface area contributed by atoms with Crippen LogP contribution in [0.15, 0.2) is 46.9 Å². The molecular weight excluding hydrogens is 597 g/mol. The van der Waals surface area contributed by atoms with Crippen LogP contribution in [-0.4, -0.2) is 55.8 Å². The highest BCUT2D eigenvalue weighted by molar-refractivity contribution is 7.90. The summed E-state index contributed by atoms with van der Waals surface area (Å²) in [6.45, 7) is 4.49. The van der Waals surface area contributed by atoms with Crippen LogP contribution in [0.1, 0.15) is 54.8 Å². The Morgan fingerprint density at radius 2 is 1.84 bits per heavy atom. The van der Waals surface area contributed by atoms with E-state index < -0.39 is 21.2 Å². The number of hydrogen-bond donors (Lipinski definition) is 1. The van der Waals surface area contributed by atoms with E-state index in [-0.39, 0.29) is 29.8 Å². The Morgan fingerprint density at radius 3 is 2.67 bits per heavy atom. The molecule has 45 heavy (non-hydrogen) atoms. The van der Waals surface area contributed by atoms with Gasteiger partial charge in [0.2, 0.25) is 21.8 Å². The average Bonchev–Trinajstić information content (AvgIpc) is 3.45. The molecule has 1 saturated carbocycles. The van der Waals surface area contributed by atoms with Gasteiger partial charge >= 0.3 is 0 Å². The first-order chi connectivity index (χ1) is 21.7. The number of amides is 1. The van der Waals surface area contributed by atoms with Crippen LogP contribution in [0.2, 0.25) is 0 Å². The van der Waals surface area contributed by atoms with Gasteiger partial charge in [0, 0.05) is 24.6 Å². The van der Waals surface area contributed by atoms with Crippen LogP contribution in [0.4, 0.5) is 4.39 Å². The van der Waals surface area contributed by atoms with Crippen molar-refractivity contribution in [3.63, 3.8) is 0 Å². The van der Waals surface area contributed by atoms with E-state index in [9.17, 15) is 13.2 Å². The van der Waals surface area contributed by atoms with Crippen LogP contribution >= 0.6 is 0 Å². The maximum absolute atomic E-state index is 16.0. The van der Waals surface area contributed by atoms with Crippen molar-refractivity contribution in [1.82, 2.24) is 14.6 Å². The largest absolute Gasteiger partial charge is 0.486 e. The quantitative estimate of drug-likeness (QED) is 0.277. The molecule has 1 aromatic heterocycles. The third-order valence-corrected chi connectivity index (χ3v) is 11.5. The van der Waals surface area contributed by atoms with Gasteiger partial charge in [-0.15, -0.1) is 0 Å². The van der Waals surface area contributed by atoms with Crippen LogP contribution in [0.3, 0.4) is 0 Å². The number of nitrogens with zero attached hydrogens (tertiary/aromatic N) is 2. The Bertz CT molecular complexity index is 1950. The normalized spacial score (nSPS) is 21.3. The molecule has 0 unspecified atom stereocenters. The van der Waals surface area contributed by atoms with Gasteiger partial charge in [-0.3, -0.25) is 14.4 Å². The summed E-state index contributed by atoms with van der Waals surface area (Å²) in [5.41, 5.74) is 5.96. The SMILES string of the molecule is Cc1c(-c2ccc3c(c2)OCCO3)cccc1-c1nc2cc3c(c(F)c2o1)CC[C@H]3N1CC[C@@H](CC(=O)NS(=O)(=O)C2CC2)C1. The monoisotopic (exact) mass is 631 g/mol.